The highest BCUT2D eigenvalue weighted by molar-refractivity contribution is 6.30. The summed E-state index contributed by atoms with van der Waals surface area (Å²) in [6.45, 7) is 2.48. The van der Waals surface area contributed by atoms with Gasteiger partial charge in [-0.05, 0) is 30.7 Å². The average molecular weight is 336 g/mol. The smallest absolute Gasteiger partial charge is 0.340 e. The maximum atomic E-state index is 12.7. The fourth-order valence-electron chi connectivity index (χ4n) is 2.41. The molecule has 0 bridgehead atoms. The molecule has 1 aromatic rings. The molecule has 0 aliphatic carbocycles. The van der Waals surface area contributed by atoms with Crippen molar-refractivity contribution in [3.8, 4) is 0 Å². The van der Waals surface area contributed by atoms with Crippen LogP contribution in [0.2, 0.25) is 5.02 Å². The first kappa shape index (κ1) is 17.2. The molecule has 1 aliphatic heterocycles. The molecule has 0 atom stereocenters. The second-order valence-corrected chi connectivity index (χ2v) is 5.45. The molecule has 0 saturated heterocycles. The molecule has 2 rings (SSSR count). The highest BCUT2D eigenvalue weighted by Gasteiger charge is 2.36. The van der Waals surface area contributed by atoms with Gasteiger partial charge in [-0.1, -0.05) is 23.7 Å². The number of hydrogen-bond donors (Lipinski definition) is 0. The van der Waals surface area contributed by atoms with Gasteiger partial charge in [0.15, 0.2) is 0 Å². The lowest BCUT2D eigenvalue weighted by Crippen LogP contribution is -2.28. The lowest BCUT2D eigenvalue weighted by molar-refractivity contribution is -0.136. The van der Waals surface area contributed by atoms with Crippen molar-refractivity contribution in [2.45, 2.75) is 6.92 Å². The number of hydrogen-bond acceptors (Lipinski definition) is 4. The predicted octanol–water partition coefficient (Wildman–Crippen LogP) is 2.66. The monoisotopic (exact) mass is 335 g/mol. The van der Waals surface area contributed by atoms with Crippen molar-refractivity contribution in [2.75, 3.05) is 27.4 Å². The van der Waals surface area contributed by atoms with Crippen LogP contribution in [0.5, 0.6) is 0 Å². The van der Waals surface area contributed by atoms with Crippen LogP contribution in [0, 0.1) is 0 Å². The lowest BCUT2D eigenvalue weighted by Gasteiger charge is -2.16. The van der Waals surface area contributed by atoms with E-state index >= 15 is 0 Å². The molecule has 1 amide bonds. The third kappa shape index (κ3) is 3.63. The highest BCUT2D eigenvalue weighted by Crippen LogP contribution is 2.31. The maximum Gasteiger partial charge on any atom is 0.340 e. The van der Waals surface area contributed by atoms with Crippen molar-refractivity contribution < 1.29 is 19.1 Å². The molecule has 0 N–H and O–H groups in total. The predicted molar refractivity (Wildman–Crippen MR) is 87.7 cm³/mol. The van der Waals surface area contributed by atoms with Gasteiger partial charge in [0.05, 0.1) is 24.9 Å². The average Bonchev–Trinajstić information content (AvgIpc) is 2.77. The van der Waals surface area contributed by atoms with Gasteiger partial charge in [0.25, 0.3) is 5.91 Å². The molecule has 5 nitrogen and oxygen atoms in total. The van der Waals surface area contributed by atoms with E-state index in [2.05, 4.69) is 0 Å². The Kier molecular flexibility index (Phi) is 5.58. The standard InChI is InChI=1S/C17H18ClNO4/c1-11-15(17(21)23-3)14(16(20)19(11)8-9-22-2)10-12-4-6-13(18)7-5-12/h4-7,10H,8-9H2,1-3H3. The van der Waals surface area contributed by atoms with E-state index < -0.39 is 5.97 Å². The summed E-state index contributed by atoms with van der Waals surface area (Å²) >= 11 is 5.87. The first-order chi connectivity index (χ1) is 11.0. The number of carbonyl (C=O) groups excluding carboxylic acids is 2. The Hall–Kier alpha value is -2.11. The minimum Gasteiger partial charge on any atom is -0.465 e. The zero-order valence-electron chi connectivity index (χ0n) is 13.3. The third-order valence-electron chi connectivity index (χ3n) is 3.60. The van der Waals surface area contributed by atoms with Gasteiger partial charge in [0.2, 0.25) is 0 Å². The quantitative estimate of drug-likeness (QED) is 0.613. The number of carbonyl (C=O) groups is 2. The number of halogens is 1. The second kappa shape index (κ2) is 7.44. The van der Waals surface area contributed by atoms with Crippen LogP contribution in [0.15, 0.2) is 41.1 Å². The Morgan fingerprint density at radius 1 is 1.26 bits per heavy atom. The number of rotatable bonds is 5. The first-order valence-corrected chi connectivity index (χ1v) is 7.45. The Labute approximate surface area is 140 Å². The van der Waals surface area contributed by atoms with Gasteiger partial charge < -0.3 is 14.4 Å². The number of allylic oxidation sites excluding steroid dienone is 1. The van der Waals surface area contributed by atoms with Crippen LogP contribution in [0.1, 0.15) is 12.5 Å². The van der Waals surface area contributed by atoms with E-state index in [1.807, 2.05) is 0 Å². The fraction of sp³-hybridized carbons (Fsp3) is 0.294. The minimum atomic E-state index is -0.531. The van der Waals surface area contributed by atoms with Crippen molar-refractivity contribution in [3.63, 3.8) is 0 Å². The van der Waals surface area contributed by atoms with E-state index in [0.29, 0.717) is 29.4 Å². The summed E-state index contributed by atoms with van der Waals surface area (Å²) < 4.78 is 9.85. The molecule has 1 aromatic carbocycles. The van der Waals surface area contributed by atoms with E-state index in [-0.39, 0.29) is 11.5 Å². The van der Waals surface area contributed by atoms with Crippen LogP contribution >= 0.6 is 11.6 Å². The van der Waals surface area contributed by atoms with Crippen molar-refractivity contribution in [2.24, 2.45) is 0 Å². The van der Waals surface area contributed by atoms with Gasteiger partial charge in [0.1, 0.15) is 0 Å². The molecule has 122 valence electrons. The topological polar surface area (TPSA) is 55.8 Å². The summed E-state index contributed by atoms with van der Waals surface area (Å²) in [4.78, 5) is 26.3. The van der Waals surface area contributed by atoms with Crippen LogP contribution in [-0.4, -0.2) is 44.1 Å². The molecular weight excluding hydrogens is 318 g/mol. The number of amides is 1. The fourth-order valence-corrected chi connectivity index (χ4v) is 2.53. The third-order valence-corrected chi connectivity index (χ3v) is 3.85. The molecule has 0 unspecified atom stereocenters. The number of esters is 1. The van der Waals surface area contributed by atoms with E-state index in [1.54, 1.807) is 44.4 Å². The van der Waals surface area contributed by atoms with Crippen molar-refractivity contribution in [3.05, 3.63) is 51.7 Å². The SMILES string of the molecule is COCCN1C(=O)C(=Cc2ccc(Cl)cc2)C(C(=O)OC)=C1C. The van der Waals surface area contributed by atoms with E-state index in [4.69, 9.17) is 21.1 Å². The molecule has 0 aromatic heterocycles. The summed E-state index contributed by atoms with van der Waals surface area (Å²) in [6, 6.07) is 7.02. The Morgan fingerprint density at radius 2 is 1.91 bits per heavy atom. The van der Waals surface area contributed by atoms with Gasteiger partial charge in [-0.25, -0.2) is 4.79 Å². The van der Waals surface area contributed by atoms with Gasteiger partial charge in [-0.2, -0.15) is 0 Å². The van der Waals surface area contributed by atoms with Crippen LogP contribution < -0.4 is 0 Å². The first-order valence-electron chi connectivity index (χ1n) is 7.07. The molecular formula is C17H18ClNO4. The summed E-state index contributed by atoms with van der Waals surface area (Å²) in [5.74, 6) is -0.772. The van der Waals surface area contributed by atoms with E-state index in [9.17, 15) is 9.59 Å². The number of benzene rings is 1. The number of nitrogens with zero attached hydrogens (tertiary/aromatic N) is 1. The summed E-state index contributed by atoms with van der Waals surface area (Å²) in [5, 5.41) is 0.603. The summed E-state index contributed by atoms with van der Waals surface area (Å²) in [5.41, 5.74) is 1.94. The lowest BCUT2D eigenvalue weighted by atomic mass is 10.0. The maximum absolute atomic E-state index is 12.7. The number of ether oxygens (including phenoxy) is 2. The van der Waals surface area contributed by atoms with Gasteiger partial charge >= 0.3 is 5.97 Å². The summed E-state index contributed by atoms with van der Waals surface area (Å²) in [6.07, 6.45) is 1.67. The van der Waals surface area contributed by atoms with Crippen molar-refractivity contribution in [1.29, 1.82) is 0 Å². The zero-order chi connectivity index (χ0) is 17.0. The van der Waals surface area contributed by atoms with Gasteiger partial charge in [0, 0.05) is 24.4 Å². The Balaban J connectivity index is 2.45. The Morgan fingerprint density at radius 3 is 2.48 bits per heavy atom. The molecule has 0 saturated carbocycles. The largest absolute Gasteiger partial charge is 0.465 e. The van der Waals surface area contributed by atoms with E-state index in [0.717, 1.165) is 5.56 Å². The van der Waals surface area contributed by atoms with Crippen molar-refractivity contribution >= 4 is 29.6 Å². The second-order valence-electron chi connectivity index (χ2n) is 5.01. The minimum absolute atomic E-state index is 0.241. The molecule has 0 radical (unpaired) electrons. The van der Waals surface area contributed by atoms with E-state index in [1.165, 1.54) is 12.0 Å². The van der Waals surface area contributed by atoms with Gasteiger partial charge in [-0.3, -0.25) is 4.79 Å². The van der Waals surface area contributed by atoms with Crippen LogP contribution in [-0.2, 0) is 19.1 Å². The normalized spacial score (nSPS) is 16.4. The van der Waals surface area contributed by atoms with Crippen LogP contribution in [0.4, 0.5) is 0 Å². The molecule has 1 heterocycles. The van der Waals surface area contributed by atoms with Crippen LogP contribution in [0.3, 0.4) is 0 Å². The zero-order valence-corrected chi connectivity index (χ0v) is 14.0. The molecule has 6 heteroatoms. The van der Waals surface area contributed by atoms with Crippen molar-refractivity contribution in [1.82, 2.24) is 4.90 Å². The molecule has 1 aliphatic rings. The highest BCUT2D eigenvalue weighted by atomic mass is 35.5. The van der Waals surface area contributed by atoms with Gasteiger partial charge in [-0.15, -0.1) is 0 Å². The summed E-state index contributed by atoms with van der Waals surface area (Å²) in [7, 11) is 2.86. The molecule has 0 spiro atoms. The number of methoxy groups -OCH3 is 2. The molecule has 0 fully saturated rings. The molecule has 23 heavy (non-hydrogen) atoms. The Bertz CT molecular complexity index is 676. The van der Waals surface area contributed by atoms with Crippen LogP contribution in [0.25, 0.3) is 6.08 Å².